The fourth-order valence-electron chi connectivity index (χ4n) is 1.56. The van der Waals surface area contributed by atoms with E-state index in [9.17, 15) is 18.9 Å². The first kappa shape index (κ1) is 14.2. The molecule has 0 aliphatic carbocycles. The molecule has 0 radical (unpaired) electrons. The molecule has 0 bridgehead atoms. The van der Waals surface area contributed by atoms with Crippen LogP contribution < -0.4 is 4.74 Å². The van der Waals surface area contributed by atoms with Crippen molar-refractivity contribution in [2.75, 3.05) is 0 Å². The molecule has 0 unspecified atom stereocenters. The third-order valence-electron chi connectivity index (χ3n) is 2.51. The van der Waals surface area contributed by atoms with Gasteiger partial charge < -0.3 is 4.74 Å². The summed E-state index contributed by atoms with van der Waals surface area (Å²) in [5.74, 6) is -1.42. The zero-order chi connectivity index (χ0) is 14.7. The lowest BCUT2D eigenvalue weighted by molar-refractivity contribution is -0.386. The maximum Gasteiger partial charge on any atom is 0.311 e. The quantitative estimate of drug-likeness (QED) is 0.630. The number of ether oxygens (including phenoxy) is 1. The first-order valence-electron chi connectivity index (χ1n) is 5.48. The van der Waals surface area contributed by atoms with Gasteiger partial charge in [0.05, 0.1) is 4.92 Å². The lowest BCUT2D eigenvalue weighted by Gasteiger charge is -2.08. The highest BCUT2D eigenvalue weighted by Crippen LogP contribution is 2.29. The number of benzene rings is 2. The Bertz CT molecular complexity index is 664. The predicted octanol–water partition coefficient (Wildman–Crippen LogP) is 4.11. The zero-order valence-electron chi connectivity index (χ0n) is 9.98. The summed E-state index contributed by atoms with van der Waals surface area (Å²) in [6, 6.07) is 6.52. The number of nitro groups is 1. The predicted molar refractivity (Wildman–Crippen MR) is 68.8 cm³/mol. The van der Waals surface area contributed by atoms with Crippen LogP contribution in [0, 0.1) is 21.7 Å². The molecule has 104 valence electrons. The molecule has 0 atom stereocenters. The Hall–Kier alpha value is -2.21. The van der Waals surface area contributed by atoms with E-state index < -0.39 is 16.6 Å². The molecule has 0 aromatic heterocycles. The number of halogens is 3. The van der Waals surface area contributed by atoms with E-state index in [-0.39, 0.29) is 23.1 Å². The van der Waals surface area contributed by atoms with Gasteiger partial charge >= 0.3 is 5.69 Å². The fourth-order valence-corrected chi connectivity index (χ4v) is 1.74. The van der Waals surface area contributed by atoms with Crippen molar-refractivity contribution in [3.8, 4) is 5.75 Å². The molecule has 0 saturated heterocycles. The number of hydrogen-bond donors (Lipinski definition) is 0. The van der Waals surface area contributed by atoms with E-state index >= 15 is 0 Å². The van der Waals surface area contributed by atoms with E-state index in [4.69, 9.17) is 16.3 Å². The molecule has 0 fully saturated rings. The highest BCUT2D eigenvalue weighted by atomic mass is 35.5. The number of hydrogen-bond acceptors (Lipinski definition) is 3. The van der Waals surface area contributed by atoms with Crippen molar-refractivity contribution in [1.29, 1.82) is 0 Å². The second-order valence-corrected chi connectivity index (χ2v) is 4.30. The average Bonchev–Trinajstić information content (AvgIpc) is 2.39. The molecular formula is C13H8ClF2NO3. The van der Waals surface area contributed by atoms with Gasteiger partial charge in [0, 0.05) is 22.7 Å². The molecule has 0 aliphatic rings. The molecule has 4 nitrogen and oxygen atoms in total. The fraction of sp³-hybridized carbons (Fsp3) is 0.0769. The van der Waals surface area contributed by atoms with E-state index in [0.717, 1.165) is 24.3 Å². The van der Waals surface area contributed by atoms with Crippen LogP contribution in [0.15, 0.2) is 36.4 Å². The Labute approximate surface area is 117 Å². The Kier molecular flexibility index (Phi) is 4.14. The van der Waals surface area contributed by atoms with Crippen LogP contribution >= 0.6 is 11.6 Å². The van der Waals surface area contributed by atoms with Gasteiger partial charge in [-0.25, -0.2) is 8.78 Å². The van der Waals surface area contributed by atoms with E-state index in [2.05, 4.69) is 0 Å². The Morgan fingerprint density at radius 3 is 2.50 bits per heavy atom. The van der Waals surface area contributed by atoms with Crippen LogP contribution in [0.2, 0.25) is 5.02 Å². The van der Waals surface area contributed by atoms with Crippen LogP contribution in [-0.2, 0) is 6.61 Å². The molecule has 0 aliphatic heterocycles. The Morgan fingerprint density at radius 1 is 1.15 bits per heavy atom. The van der Waals surface area contributed by atoms with Gasteiger partial charge in [-0.15, -0.1) is 0 Å². The molecule has 0 saturated carbocycles. The highest BCUT2D eigenvalue weighted by molar-refractivity contribution is 6.31. The highest BCUT2D eigenvalue weighted by Gasteiger charge is 2.16. The molecule has 2 aromatic carbocycles. The van der Waals surface area contributed by atoms with Gasteiger partial charge in [-0.2, -0.15) is 0 Å². The van der Waals surface area contributed by atoms with Crippen LogP contribution in [0.3, 0.4) is 0 Å². The summed E-state index contributed by atoms with van der Waals surface area (Å²) in [4.78, 5) is 10.1. The van der Waals surface area contributed by atoms with Gasteiger partial charge in [0.15, 0.2) is 5.75 Å². The lowest BCUT2D eigenvalue weighted by Crippen LogP contribution is -2.00. The van der Waals surface area contributed by atoms with Crippen LogP contribution in [0.4, 0.5) is 14.5 Å². The minimum Gasteiger partial charge on any atom is -0.482 e. The molecule has 2 rings (SSSR count). The summed E-state index contributed by atoms with van der Waals surface area (Å²) < 4.78 is 31.3. The maximum absolute atomic E-state index is 13.1. The van der Waals surface area contributed by atoms with Gasteiger partial charge in [0.25, 0.3) is 0 Å². The molecule has 0 N–H and O–H groups in total. The summed E-state index contributed by atoms with van der Waals surface area (Å²) in [6.07, 6.45) is 0. The monoisotopic (exact) mass is 299 g/mol. The van der Waals surface area contributed by atoms with Crippen LogP contribution in [-0.4, -0.2) is 4.92 Å². The van der Waals surface area contributed by atoms with Crippen LogP contribution in [0.25, 0.3) is 0 Å². The summed E-state index contributed by atoms with van der Waals surface area (Å²) in [7, 11) is 0. The molecule has 0 amide bonds. The summed E-state index contributed by atoms with van der Waals surface area (Å²) >= 11 is 5.84. The van der Waals surface area contributed by atoms with Gasteiger partial charge in [-0.1, -0.05) is 11.6 Å². The van der Waals surface area contributed by atoms with Crippen LogP contribution in [0.1, 0.15) is 5.56 Å². The Morgan fingerprint density at radius 2 is 1.80 bits per heavy atom. The normalized spacial score (nSPS) is 10.3. The van der Waals surface area contributed by atoms with Crippen LogP contribution in [0.5, 0.6) is 5.75 Å². The maximum atomic E-state index is 13.1. The lowest BCUT2D eigenvalue weighted by atomic mass is 10.2. The van der Waals surface area contributed by atoms with Gasteiger partial charge in [-0.05, 0) is 24.3 Å². The van der Waals surface area contributed by atoms with Gasteiger partial charge in [0.2, 0.25) is 0 Å². The second-order valence-electron chi connectivity index (χ2n) is 3.89. The van der Waals surface area contributed by atoms with Gasteiger partial charge in [-0.3, -0.25) is 10.1 Å². The standard InChI is InChI=1S/C13H8ClF2NO3/c14-11-3-1-9(15)5-8(11)7-20-13-6-10(16)2-4-12(13)17(18)19/h1-6H,7H2. The van der Waals surface area contributed by atoms with E-state index in [1.807, 2.05) is 0 Å². The van der Waals surface area contributed by atoms with E-state index in [0.29, 0.717) is 5.56 Å². The molecular weight excluding hydrogens is 292 g/mol. The van der Waals surface area contributed by atoms with Crippen molar-refractivity contribution in [3.63, 3.8) is 0 Å². The number of nitrogens with zero attached hydrogens (tertiary/aromatic N) is 1. The largest absolute Gasteiger partial charge is 0.482 e. The molecule has 2 aromatic rings. The average molecular weight is 300 g/mol. The van der Waals surface area contributed by atoms with Crippen molar-refractivity contribution >= 4 is 17.3 Å². The summed E-state index contributed by atoms with van der Waals surface area (Å²) in [5, 5.41) is 11.0. The van der Waals surface area contributed by atoms with Gasteiger partial charge in [0.1, 0.15) is 18.2 Å². The number of nitro benzene ring substituents is 1. The smallest absolute Gasteiger partial charge is 0.311 e. The molecule has 0 spiro atoms. The summed E-state index contributed by atoms with van der Waals surface area (Å²) in [5.41, 5.74) is -0.0656. The van der Waals surface area contributed by atoms with Crippen molar-refractivity contribution in [1.82, 2.24) is 0 Å². The first-order chi connectivity index (χ1) is 9.47. The van der Waals surface area contributed by atoms with Crippen molar-refractivity contribution in [2.45, 2.75) is 6.61 Å². The van der Waals surface area contributed by atoms with E-state index in [1.165, 1.54) is 12.1 Å². The van der Waals surface area contributed by atoms with Crippen molar-refractivity contribution < 1.29 is 18.4 Å². The zero-order valence-corrected chi connectivity index (χ0v) is 10.7. The second kappa shape index (κ2) is 5.83. The first-order valence-corrected chi connectivity index (χ1v) is 5.86. The molecule has 20 heavy (non-hydrogen) atoms. The SMILES string of the molecule is O=[N+]([O-])c1ccc(F)cc1OCc1cc(F)ccc1Cl. The minimum absolute atomic E-state index is 0.207. The van der Waals surface area contributed by atoms with E-state index in [1.54, 1.807) is 0 Å². The van der Waals surface area contributed by atoms with Crippen molar-refractivity contribution in [3.05, 3.63) is 68.7 Å². The minimum atomic E-state index is -0.693. The third-order valence-corrected chi connectivity index (χ3v) is 2.88. The molecule has 0 heterocycles. The number of rotatable bonds is 4. The summed E-state index contributed by atoms with van der Waals surface area (Å²) in [6.45, 7) is -0.207. The molecule has 7 heteroatoms. The van der Waals surface area contributed by atoms with Crippen molar-refractivity contribution in [2.24, 2.45) is 0 Å². The topological polar surface area (TPSA) is 52.4 Å². The third kappa shape index (κ3) is 3.21. The Balaban J connectivity index is 2.24.